The molecule has 41 heavy (non-hydrogen) atoms. The van der Waals surface area contributed by atoms with E-state index in [1.54, 1.807) is 0 Å². The van der Waals surface area contributed by atoms with Gasteiger partial charge in [-0.25, -0.2) is 9.13 Å². The summed E-state index contributed by atoms with van der Waals surface area (Å²) in [6, 6.07) is 44.3. The highest BCUT2D eigenvalue weighted by Gasteiger charge is 2.28. The number of para-hydroxylation sites is 2. The van der Waals surface area contributed by atoms with E-state index in [9.17, 15) is 9.13 Å². The largest absolute Gasteiger partial charge is 0.478 e. The Kier molecular flexibility index (Phi) is 9.89. The Morgan fingerprint density at radius 3 is 1.32 bits per heavy atom. The van der Waals surface area contributed by atoms with E-state index >= 15 is 0 Å². The van der Waals surface area contributed by atoms with Gasteiger partial charge in [-0.2, -0.15) is 4.31 Å². The van der Waals surface area contributed by atoms with E-state index in [1.807, 2.05) is 103 Å². The molecule has 210 valence electrons. The third-order valence-electron chi connectivity index (χ3n) is 5.41. The molecule has 5 rings (SSSR count). The predicted octanol–water partition coefficient (Wildman–Crippen LogP) is 7.79. The number of hydrogen-bond acceptors (Lipinski definition) is 5. The Labute approximate surface area is 236 Å². The lowest BCUT2D eigenvalue weighted by atomic mass is 9.96. The highest BCUT2D eigenvalue weighted by atomic mass is 31.3. The summed E-state index contributed by atoms with van der Waals surface area (Å²) in [5, 5.41) is 0. The standard InChI is InChI=1S/C30H22O2.H4O7P2/c1-5-13-23(14-6-1)27-21-22-28(31-25-17-9-3-10-18-25)29(24-15-7-2-8-16-24)30(27)32-26-19-11-4-12-20-26;1-8(2,3)7-9(4,5)6/h1-22H;(H2,1,2,3)(H2,4,5,6). The summed E-state index contributed by atoms with van der Waals surface area (Å²) in [6.07, 6.45) is 0. The first kappa shape index (κ1) is 29.9. The zero-order valence-electron chi connectivity index (χ0n) is 21.4. The Balaban J connectivity index is 0.000000374. The van der Waals surface area contributed by atoms with E-state index in [4.69, 9.17) is 29.0 Å². The third-order valence-corrected chi connectivity index (χ3v) is 7.12. The van der Waals surface area contributed by atoms with Gasteiger partial charge in [-0.05, 0) is 47.5 Å². The first-order valence-corrected chi connectivity index (χ1v) is 15.2. The molecule has 11 heteroatoms. The summed E-state index contributed by atoms with van der Waals surface area (Å²) in [5.41, 5.74) is 4.04. The third kappa shape index (κ3) is 9.25. The number of rotatable bonds is 8. The summed E-state index contributed by atoms with van der Waals surface area (Å²) in [5.74, 6) is 3.07. The summed E-state index contributed by atoms with van der Waals surface area (Å²) in [7, 11) is -10.1. The SMILES string of the molecule is O=P(O)(O)OP(=O)(O)O.c1ccc(Oc2ccc(-c3ccccc3)c(Oc3ccccc3)c2-c2ccccc2)cc1. The minimum atomic E-state index is -5.05. The van der Waals surface area contributed by atoms with Gasteiger partial charge >= 0.3 is 15.6 Å². The van der Waals surface area contributed by atoms with Crippen LogP contribution in [0.2, 0.25) is 0 Å². The molecule has 5 aromatic carbocycles. The van der Waals surface area contributed by atoms with Crippen LogP contribution in [0, 0.1) is 0 Å². The molecule has 5 aromatic rings. The van der Waals surface area contributed by atoms with E-state index in [0.717, 1.165) is 45.3 Å². The molecule has 0 aliphatic rings. The maximum absolute atomic E-state index is 9.63. The molecule has 9 nitrogen and oxygen atoms in total. The average Bonchev–Trinajstić information content (AvgIpc) is 2.94. The summed E-state index contributed by atoms with van der Waals surface area (Å²) in [6.45, 7) is 0. The highest BCUT2D eigenvalue weighted by molar-refractivity contribution is 7.60. The van der Waals surface area contributed by atoms with Gasteiger partial charge in [0.15, 0.2) is 0 Å². The molecule has 0 atom stereocenters. The maximum Gasteiger partial charge on any atom is 0.478 e. The summed E-state index contributed by atoms with van der Waals surface area (Å²) in [4.78, 5) is 31.0. The zero-order valence-corrected chi connectivity index (χ0v) is 23.2. The lowest BCUT2D eigenvalue weighted by molar-refractivity contribution is 0.225. The molecule has 0 radical (unpaired) electrons. The Morgan fingerprint density at radius 2 is 0.878 bits per heavy atom. The summed E-state index contributed by atoms with van der Waals surface area (Å²) < 4.78 is 35.1. The van der Waals surface area contributed by atoms with E-state index < -0.39 is 15.6 Å². The van der Waals surface area contributed by atoms with E-state index in [2.05, 4.69) is 34.6 Å². The fourth-order valence-electron chi connectivity index (χ4n) is 3.84. The van der Waals surface area contributed by atoms with Crippen LogP contribution in [0.25, 0.3) is 22.3 Å². The second-order valence-electron chi connectivity index (χ2n) is 8.44. The molecule has 0 spiro atoms. The fraction of sp³-hybridized carbons (Fsp3) is 0. The Hall–Kier alpha value is -4.04. The van der Waals surface area contributed by atoms with E-state index in [-0.39, 0.29) is 0 Å². The number of benzene rings is 5. The van der Waals surface area contributed by atoms with Crippen LogP contribution >= 0.6 is 15.6 Å². The first-order chi connectivity index (χ1) is 19.6. The molecule has 0 unspecified atom stereocenters. The highest BCUT2D eigenvalue weighted by Crippen LogP contribution is 2.54. The van der Waals surface area contributed by atoms with Crippen molar-refractivity contribution >= 4 is 15.6 Å². The molecular formula is C30H26O9P2. The molecule has 0 aliphatic heterocycles. The van der Waals surface area contributed by atoms with Crippen molar-refractivity contribution in [3.8, 4) is 45.3 Å². The van der Waals surface area contributed by atoms with Crippen LogP contribution in [0.3, 0.4) is 0 Å². The minimum absolute atomic E-state index is 0.744. The molecule has 0 fully saturated rings. The second-order valence-corrected chi connectivity index (χ2v) is 11.1. The van der Waals surface area contributed by atoms with Gasteiger partial charge in [-0.1, -0.05) is 97.1 Å². The van der Waals surface area contributed by atoms with Gasteiger partial charge in [0.2, 0.25) is 0 Å². The molecule has 4 N–H and O–H groups in total. The Bertz CT molecular complexity index is 1620. The molecule has 0 bridgehead atoms. The first-order valence-electron chi connectivity index (χ1n) is 12.2. The van der Waals surface area contributed by atoms with Crippen molar-refractivity contribution in [3.05, 3.63) is 133 Å². The molecule has 0 amide bonds. The van der Waals surface area contributed by atoms with Crippen molar-refractivity contribution in [2.24, 2.45) is 0 Å². The Morgan fingerprint density at radius 1 is 0.463 bits per heavy atom. The monoisotopic (exact) mass is 592 g/mol. The lowest BCUT2D eigenvalue weighted by Gasteiger charge is -2.20. The number of hydrogen-bond donors (Lipinski definition) is 4. The van der Waals surface area contributed by atoms with Gasteiger partial charge in [0.25, 0.3) is 0 Å². The van der Waals surface area contributed by atoms with Gasteiger partial charge in [0.1, 0.15) is 23.0 Å². The number of ether oxygens (including phenoxy) is 2. The average molecular weight is 592 g/mol. The van der Waals surface area contributed by atoms with Crippen LogP contribution in [-0.2, 0) is 13.4 Å². The minimum Gasteiger partial charge on any atom is -0.457 e. The molecule has 0 saturated carbocycles. The van der Waals surface area contributed by atoms with Crippen molar-refractivity contribution in [1.82, 2.24) is 0 Å². The smallest absolute Gasteiger partial charge is 0.457 e. The topological polar surface area (TPSA) is 143 Å². The van der Waals surface area contributed by atoms with Crippen LogP contribution in [0.1, 0.15) is 0 Å². The molecular weight excluding hydrogens is 566 g/mol. The second kappa shape index (κ2) is 13.5. The van der Waals surface area contributed by atoms with Crippen molar-refractivity contribution in [1.29, 1.82) is 0 Å². The van der Waals surface area contributed by atoms with Gasteiger partial charge in [-0.3, -0.25) is 0 Å². The van der Waals surface area contributed by atoms with Crippen LogP contribution in [-0.4, -0.2) is 19.6 Å². The van der Waals surface area contributed by atoms with Crippen LogP contribution < -0.4 is 9.47 Å². The zero-order chi connectivity index (χ0) is 29.3. The van der Waals surface area contributed by atoms with Crippen molar-refractivity contribution in [3.63, 3.8) is 0 Å². The lowest BCUT2D eigenvalue weighted by Crippen LogP contribution is -1.96. The van der Waals surface area contributed by atoms with Crippen LogP contribution in [0.4, 0.5) is 0 Å². The van der Waals surface area contributed by atoms with Gasteiger partial charge in [0, 0.05) is 5.56 Å². The van der Waals surface area contributed by atoms with Crippen molar-refractivity contribution in [2.45, 2.75) is 0 Å². The van der Waals surface area contributed by atoms with E-state index in [1.165, 1.54) is 0 Å². The number of phosphoric acid groups is 2. The molecule has 0 saturated heterocycles. The van der Waals surface area contributed by atoms with Gasteiger partial charge in [0.05, 0.1) is 5.56 Å². The van der Waals surface area contributed by atoms with Crippen molar-refractivity contribution in [2.75, 3.05) is 0 Å². The van der Waals surface area contributed by atoms with Gasteiger partial charge < -0.3 is 29.0 Å². The predicted molar refractivity (Wildman–Crippen MR) is 156 cm³/mol. The van der Waals surface area contributed by atoms with Gasteiger partial charge in [-0.15, -0.1) is 0 Å². The normalized spacial score (nSPS) is 11.2. The van der Waals surface area contributed by atoms with E-state index in [0.29, 0.717) is 0 Å². The maximum atomic E-state index is 9.63. The van der Waals surface area contributed by atoms with Crippen LogP contribution in [0.15, 0.2) is 133 Å². The quantitative estimate of drug-likeness (QED) is 0.133. The molecule has 0 heterocycles. The summed E-state index contributed by atoms with van der Waals surface area (Å²) >= 11 is 0. The fourth-order valence-corrected chi connectivity index (χ4v) is 4.95. The van der Waals surface area contributed by atoms with Crippen LogP contribution in [0.5, 0.6) is 23.0 Å². The molecule has 0 aromatic heterocycles. The molecule has 0 aliphatic carbocycles. The van der Waals surface area contributed by atoms with Crippen molar-refractivity contribution < 1.29 is 42.5 Å².